The molecule has 110 valence electrons. The van der Waals surface area contributed by atoms with Gasteiger partial charge in [0, 0.05) is 31.4 Å². The number of nitrogens with one attached hydrogen (secondary N) is 1. The van der Waals surface area contributed by atoms with Crippen LogP contribution in [0.2, 0.25) is 5.02 Å². The van der Waals surface area contributed by atoms with Gasteiger partial charge in [0.2, 0.25) is 5.88 Å². The van der Waals surface area contributed by atoms with E-state index in [1.165, 1.54) is 12.1 Å². The monoisotopic (exact) mass is 307 g/mol. The predicted molar refractivity (Wildman–Crippen MR) is 79.4 cm³/mol. The average Bonchev–Trinajstić information content (AvgIpc) is 2.49. The van der Waals surface area contributed by atoms with E-state index in [9.17, 15) is 10.1 Å². The summed E-state index contributed by atoms with van der Waals surface area (Å²) in [5, 5.41) is 14.2. The van der Waals surface area contributed by atoms with Gasteiger partial charge in [0.1, 0.15) is 5.02 Å². The van der Waals surface area contributed by atoms with E-state index < -0.39 is 4.92 Å². The van der Waals surface area contributed by atoms with Crippen LogP contribution in [0.25, 0.3) is 0 Å². The lowest BCUT2D eigenvalue weighted by Crippen LogP contribution is -2.13. The Kier molecular flexibility index (Phi) is 5.08. The maximum Gasteiger partial charge on any atom is 0.288 e. The Bertz CT molecular complexity index is 649. The van der Waals surface area contributed by atoms with E-state index in [0.717, 1.165) is 11.1 Å². The molecule has 0 aliphatic heterocycles. The summed E-state index contributed by atoms with van der Waals surface area (Å²) in [7, 11) is 1.56. The number of pyridine rings is 1. The zero-order chi connectivity index (χ0) is 15.2. The lowest BCUT2D eigenvalue weighted by Gasteiger charge is -2.06. The molecule has 0 aliphatic rings. The van der Waals surface area contributed by atoms with Crippen molar-refractivity contribution in [2.75, 3.05) is 7.11 Å². The third-order valence-corrected chi connectivity index (χ3v) is 3.19. The van der Waals surface area contributed by atoms with Gasteiger partial charge in [-0.1, -0.05) is 17.7 Å². The van der Waals surface area contributed by atoms with Crippen molar-refractivity contribution < 1.29 is 9.66 Å². The van der Waals surface area contributed by atoms with E-state index in [0.29, 0.717) is 19.0 Å². The summed E-state index contributed by atoms with van der Waals surface area (Å²) < 4.78 is 5.05. The molecule has 1 heterocycles. The maximum absolute atomic E-state index is 10.8. The van der Waals surface area contributed by atoms with Crippen molar-refractivity contribution in [1.29, 1.82) is 0 Å². The normalized spacial score (nSPS) is 10.4. The van der Waals surface area contributed by atoms with Gasteiger partial charge in [-0.15, -0.1) is 0 Å². The van der Waals surface area contributed by atoms with Crippen molar-refractivity contribution in [3.63, 3.8) is 0 Å². The molecule has 1 aromatic heterocycles. The van der Waals surface area contributed by atoms with E-state index in [-0.39, 0.29) is 10.7 Å². The second kappa shape index (κ2) is 7.01. The number of nitro benzene ring substituents is 1. The second-order valence-electron chi connectivity index (χ2n) is 4.35. The lowest BCUT2D eigenvalue weighted by molar-refractivity contribution is -0.384. The zero-order valence-electron chi connectivity index (χ0n) is 11.4. The van der Waals surface area contributed by atoms with E-state index in [1.807, 2.05) is 12.1 Å². The van der Waals surface area contributed by atoms with Crippen LogP contribution in [0.3, 0.4) is 0 Å². The van der Waals surface area contributed by atoms with Crippen LogP contribution in [-0.2, 0) is 13.1 Å². The molecule has 0 fully saturated rings. The molecule has 0 atom stereocenters. The van der Waals surface area contributed by atoms with Gasteiger partial charge >= 0.3 is 0 Å². The molecule has 0 amide bonds. The van der Waals surface area contributed by atoms with Crippen LogP contribution in [0.4, 0.5) is 5.69 Å². The van der Waals surface area contributed by atoms with Crippen LogP contribution in [0.1, 0.15) is 11.1 Å². The molecule has 1 aromatic carbocycles. The average molecular weight is 308 g/mol. The summed E-state index contributed by atoms with van der Waals surface area (Å²) in [5.41, 5.74) is 1.74. The molecule has 7 heteroatoms. The molecule has 0 saturated heterocycles. The predicted octanol–water partition coefficient (Wildman–Crippen LogP) is 2.94. The smallest absolute Gasteiger partial charge is 0.288 e. The largest absolute Gasteiger partial charge is 0.481 e. The summed E-state index contributed by atoms with van der Waals surface area (Å²) in [6.07, 6.45) is 1.67. The minimum Gasteiger partial charge on any atom is -0.481 e. The fourth-order valence-corrected chi connectivity index (χ4v) is 2.02. The molecule has 0 aliphatic carbocycles. The van der Waals surface area contributed by atoms with Crippen LogP contribution in [0.15, 0.2) is 36.5 Å². The lowest BCUT2D eigenvalue weighted by atomic mass is 10.2. The Hall–Kier alpha value is -2.18. The number of nitro groups is 1. The minimum absolute atomic E-state index is 0.0819. The quantitative estimate of drug-likeness (QED) is 0.656. The Morgan fingerprint density at radius 1 is 1.29 bits per heavy atom. The van der Waals surface area contributed by atoms with Gasteiger partial charge in [-0.25, -0.2) is 4.98 Å². The number of nitrogens with zero attached hydrogens (tertiary/aromatic N) is 2. The first-order valence-corrected chi connectivity index (χ1v) is 6.60. The molecule has 1 N–H and O–H groups in total. The van der Waals surface area contributed by atoms with Gasteiger partial charge in [-0.05, 0) is 23.3 Å². The van der Waals surface area contributed by atoms with Crippen LogP contribution >= 0.6 is 11.6 Å². The summed E-state index contributed by atoms with van der Waals surface area (Å²) in [4.78, 5) is 14.4. The Balaban J connectivity index is 1.97. The molecule has 2 rings (SSSR count). The van der Waals surface area contributed by atoms with Crippen molar-refractivity contribution in [3.05, 3.63) is 62.8 Å². The Labute approximate surface area is 126 Å². The third-order valence-electron chi connectivity index (χ3n) is 2.87. The maximum atomic E-state index is 10.8. The van der Waals surface area contributed by atoms with Crippen LogP contribution in [0, 0.1) is 10.1 Å². The van der Waals surface area contributed by atoms with Crippen LogP contribution in [0.5, 0.6) is 5.88 Å². The van der Waals surface area contributed by atoms with Crippen molar-refractivity contribution in [1.82, 2.24) is 10.3 Å². The van der Waals surface area contributed by atoms with E-state index in [1.54, 1.807) is 19.4 Å². The van der Waals surface area contributed by atoms with Gasteiger partial charge in [-0.3, -0.25) is 10.1 Å². The fourth-order valence-electron chi connectivity index (χ4n) is 1.83. The van der Waals surface area contributed by atoms with Crippen molar-refractivity contribution >= 4 is 17.3 Å². The zero-order valence-corrected chi connectivity index (χ0v) is 12.1. The van der Waals surface area contributed by atoms with Gasteiger partial charge in [0.05, 0.1) is 12.0 Å². The topological polar surface area (TPSA) is 77.3 Å². The number of benzene rings is 1. The number of aromatic nitrogens is 1. The molecular weight excluding hydrogens is 294 g/mol. The van der Waals surface area contributed by atoms with Crippen molar-refractivity contribution in [2.45, 2.75) is 13.1 Å². The van der Waals surface area contributed by atoms with Gasteiger partial charge in [0.15, 0.2) is 0 Å². The van der Waals surface area contributed by atoms with E-state index >= 15 is 0 Å². The van der Waals surface area contributed by atoms with E-state index in [2.05, 4.69) is 10.3 Å². The minimum atomic E-state index is -0.487. The highest BCUT2D eigenvalue weighted by Crippen LogP contribution is 2.25. The van der Waals surface area contributed by atoms with Gasteiger partial charge in [-0.2, -0.15) is 0 Å². The molecule has 6 nitrogen and oxygen atoms in total. The summed E-state index contributed by atoms with van der Waals surface area (Å²) in [6.45, 7) is 1.11. The summed E-state index contributed by atoms with van der Waals surface area (Å²) in [6, 6.07) is 8.47. The SMILES string of the molecule is COc1cc(CNCc2ccc(Cl)c([N+](=O)[O-])c2)ccn1. The highest BCUT2D eigenvalue weighted by molar-refractivity contribution is 6.32. The van der Waals surface area contributed by atoms with Gasteiger partial charge < -0.3 is 10.1 Å². The van der Waals surface area contributed by atoms with Crippen LogP contribution < -0.4 is 10.1 Å². The molecule has 0 spiro atoms. The number of ether oxygens (including phenoxy) is 1. The van der Waals surface area contributed by atoms with Crippen molar-refractivity contribution in [3.8, 4) is 5.88 Å². The van der Waals surface area contributed by atoms with Crippen molar-refractivity contribution in [2.24, 2.45) is 0 Å². The number of rotatable bonds is 6. The number of methoxy groups -OCH3 is 1. The Morgan fingerprint density at radius 3 is 2.67 bits per heavy atom. The number of halogens is 1. The molecule has 0 bridgehead atoms. The molecule has 21 heavy (non-hydrogen) atoms. The number of hydrogen-bond acceptors (Lipinski definition) is 5. The second-order valence-corrected chi connectivity index (χ2v) is 4.76. The number of hydrogen-bond donors (Lipinski definition) is 1. The fraction of sp³-hybridized carbons (Fsp3) is 0.214. The highest BCUT2D eigenvalue weighted by Gasteiger charge is 2.12. The van der Waals surface area contributed by atoms with E-state index in [4.69, 9.17) is 16.3 Å². The molecule has 2 aromatic rings. The summed E-state index contributed by atoms with van der Waals surface area (Å²) in [5.74, 6) is 0.552. The standard InChI is InChI=1S/C14H14ClN3O3/c1-21-14-7-11(4-5-17-14)9-16-8-10-2-3-12(15)13(6-10)18(19)20/h2-7,16H,8-9H2,1H3. The van der Waals surface area contributed by atoms with Crippen LogP contribution in [-0.4, -0.2) is 17.0 Å². The van der Waals surface area contributed by atoms with Gasteiger partial charge in [0.25, 0.3) is 5.69 Å². The third kappa shape index (κ3) is 4.14. The molecule has 0 unspecified atom stereocenters. The first-order valence-electron chi connectivity index (χ1n) is 6.22. The summed E-state index contributed by atoms with van der Waals surface area (Å²) >= 11 is 5.77. The molecule has 0 radical (unpaired) electrons. The molecule has 0 saturated carbocycles. The first-order chi connectivity index (χ1) is 10.1. The molecular formula is C14H14ClN3O3. The Morgan fingerprint density at radius 2 is 2.00 bits per heavy atom. The first kappa shape index (κ1) is 15.2. The highest BCUT2D eigenvalue weighted by atomic mass is 35.5.